The zero-order chi connectivity index (χ0) is 11.3. The van der Waals surface area contributed by atoms with E-state index < -0.39 is 0 Å². The molecule has 1 aromatic rings. The van der Waals surface area contributed by atoms with Crippen molar-refractivity contribution in [3.05, 3.63) is 33.8 Å². The normalized spacial score (nSPS) is 19.0. The quantitative estimate of drug-likeness (QED) is 0.872. The van der Waals surface area contributed by atoms with E-state index in [-0.39, 0.29) is 11.0 Å². The first-order chi connectivity index (χ1) is 6.87. The third-order valence-electron chi connectivity index (χ3n) is 3.91. The van der Waals surface area contributed by atoms with Crippen LogP contribution in [0.2, 0.25) is 0 Å². The monoisotopic (exact) mass is 267 g/mol. The predicted octanol–water partition coefficient (Wildman–Crippen LogP) is 3.53. The number of aryl methyl sites for hydroxylation is 1. The molecule has 0 spiro atoms. The lowest BCUT2D eigenvalue weighted by Crippen LogP contribution is -2.43. The average Bonchev–Trinajstić information content (AvgIpc) is 2.90. The summed E-state index contributed by atoms with van der Waals surface area (Å²) >= 11 is 3.53. The summed E-state index contributed by atoms with van der Waals surface area (Å²) in [4.78, 5) is 0. The first kappa shape index (κ1) is 11.2. The predicted molar refractivity (Wildman–Crippen MR) is 68.1 cm³/mol. The van der Waals surface area contributed by atoms with Crippen LogP contribution in [0.4, 0.5) is 0 Å². The van der Waals surface area contributed by atoms with Crippen LogP contribution in [0.1, 0.15) is 37.8 Å². The van der Waals surface area contributed by atoms with Gasteiger partial charge in [0.15, 0.2) is 0 Å². The molecule has 0 amide bonds. The topological polar surface area (TPSA) is 26.0 Å². The minimum atomic E-state index is 0.0211. The molecule has 1 aliphatic rings. The number of halogens is 1. The van der Waals surface area contributed by atoms with Crippen molar-refractivity contribution in [3.8, 4) is 0 Å². The van der Waals surface area contributed by atoms with Crippen molar-refractivity contribution in [3.63, 3.8) is 0 Å². The van der Waals surface area contributed by atoms with Gasteiger partial charge in [-0.25, -0.2) is 0 Å². The maximum absolute atomic E-state index is 6.33. The number of rotatable bonds is 2. The highest BCUT2D eigenvalue weighted by Crippen LogP contribution is 2.49. The second-order valence-electron chi connectivity index (χ2n) is 5.25. The molecule has 1 aromatic carbocycles. The van der Waals surface area contributed by atoms with Crippen LogP contribution in [0.25, 0.3) is 0 Å². The number of hydrogen-bond donors (Lipinski definition) is 1. The fourth-order valence-electron chi connectivity index (χ4n) is 2.08. The van der Waals surface area contributed by atoms with Crippen LogP contribution in [-0.4, -0.2) is 5.54 Å². The molecule has 0 saturated heterocycles. The average molecular weight is 268 g/mol. The lowest BCUT2D eigenvalue weighted by Gasteiger charge is -2.33. The molecule has 0 aliphatic heterocycles. The Morgan fingerprint density at radius 1 is 1.33 bits per heavy atom. The van der Waals surface area contributed by atoms with E-state index in [1.165, 1.54) is 15.6 Å². The summed E-state index contributed by atoms with van der Waals surface area (Å²) in [5.41, 5.74) is 9.07. The second-order valence-corrected chi connectivity index (χ2v) is 6.10. The van der Waals surface area contributed by atoms with Gasteiger partial charge in [0.05, 0.1) is 0 Å². The van der Waals surface area contributed by atoms with Gasteiger partial charge >= 0.3 is 0 Å². The van der Waals surface area contributed by atoms with Gasteiger partial charge in [-0.2, -0.15) is 0 Å². The van der Waals surface area contributed by atoms with E-state index in [1.807, 2.05) is 0 Å². The third-order valence-corrected chi connectivity index (χ3v) is 4.80. The van der Waals surface area contributed by atoms with Crippen LogP contribution in [0, 0.1) is 6.92 Å². The molecule has 0 bridgehead atoms. The van der Waals surface area contributed by atoms with Crippen LogP contribution in [0.5, 0.6) is 0 Å². The van der Waals surface area contributed by atoms with Gasteiger partial charge in [-0.1, -0.05) is 41.9 Å². The molecule has 2 N–H and O–H groups in total. The maximum Gasteiger partial charge on any atom is 0.0248 e. The van der Waals surface area contributed by atoms with E-state index in [2.05, 4.69) is 54.9 Å². The smallest absolute Gasteiger partial charge is 0.0248 e. The van der Waals surface area contributed by atoms with E-state index in [1.54, 1.807) is 0 Å². The molecule has 82 valence electrons. The Hall–Kier alpha value is -0.340. The van der Waals surface area contributed by atoms with Crippen molar-refractivity contribution >= 4 is 15.9 Å². The van der Waals surface area contributed by atoms with Crippen LogP contribution in [0.3, 0.4) is 0 Å². The highest BCUT2D eigenvalue weighted by molar-refractivity contribution is 9.10. The summed E-state index contributed by atoms with van der Waals surface area (Å²) < 4.78 is 1.17. The van der Waals surface area contributed by atoms with Crippen LogP contribution in [0.15, 0.2) is 22.7 Å². The summed E-state index contributed by atoms with van der Waals surface area (Å²) in [6.45, 7) is 6.63. The van der Waals surface area contributed by atoms with E-state index >= 15 is 0 Å². The molecule has 2 rings (SSSR count). The largest absolute Gasteiger partial charge is 0.324 e. The molecular formula is C13H18BrN. The maximum atomic E-state index is 6.33. The summed E-state index contributed by atoms with van der Waals surface area (Å²) in [6.07, 6.45) is 2.30. The third kappa shape index (κ3) is 1.74. The summed E-state index contributed by atoms with van der Waals surface area (Å²) in [5, 5.41) is 0. The molecule has 0 radical (unpaired) electrons. The van der Waals surface area contributed by atoms with Gasteiger partial charge in [0, 0.05) is 15.4 Å². The van der Waals surface area contributed by atoms with Gasteiger partial charge in [-0.15, -0.1) is 0 Å². The second kappa shape index (κ2) is 3.33. The lowest BCUT2D eigenvalue weighted by molar-refractivity contribution is 0.391. The van der Waals surface area contributed by atoms with Gasteiger partial charge in [-0.05, 0) is 37.0 Å². The highest BCUT2D eigenvalue weighted by atomic mass is 79.9. The minimum Gasteiger partial charge on any atom is -0.324 e. The Balaban J connectivity index is 2.41. The Bertz CT molecular complexity index is 392. The zero-order valence-electron chi connectivity index (χ0n) is 9.60. The van der Waals surface area contributed by atoms with Gasteiger partial charge < -0.3 is 5.73 Å². The molecule has 0 aromatic heterocycles. The van der Waals surface area contributed by atoms with E-state index in [4.69, 9.17) is 5.73 Å². The van der Waals surface area contributed by atoms with E-state index in [9.17, 15) is 0 Å². The fraction of sp³-hybridized carbons (Fsp3) is 0.538. The van der Waals surface area contributed by atoms with Crippen molar-refractivity contribution in [2.24, 2.45) is 5.73 Å². The van der Waals surface area contributed by atoms with Crippen LogP contribution >= 0.6 is 15.9 Å². The number of benzene rings is 1. The number of hydrogen-bond acceptors (Lipinski definition) is 1. The van der Waals surface area contributed by atoms with Crippen molar-refractivity contribution < 1.29 is 0 Å². The molecule has 0 unspecified atom stereocenters. The SMILES string of the molecule is Cc1cc(C(C)(C)C2(N)CC2)ccc1Br. The zero-order valence-corrected chi connectivity index (χ0v) is 11.2. The molecule has 1 fully saturated rings. The Morgan fingerprint density at radius 3 is 2.40 bits per heavy atom. The fourth-order valence-corrected chi connectivity index (χ4v) is 2.33. The summed E-state index contributed by atoms with van der Waals surface area (Å²) in [7, 11) is 0. The Labute approximate surface area is 100 Å². The minimum absolute atomic E-state index is 0.0211. The Kier molecular flexibility index (Phi) is 2.47. The van der Waals surface area contributed by atoms with E-state index in [0.717, 1.165) is 12.8 Å². The van der Waals surface area contributed by atoms with Crippen molar-refractivity contribution in [2.45, 2.75) is 44.6 Å². The first-order valence-electron chi connectivity index (χ1n) is 5.42. The molecular weight excluding hydrogens is 250 g/mol. The molecule has 15 heavy (non-hydrogen) atoms. The standard InChI is InChI=1S/C13H18BrN/c1-9-8-10(4-5-11(9)14)12(2,3)13(15)6-7-13/h4-5,8H,6-7,15H2,1-3H3. The van der Waals surface area contributed by atoms with Crippen molar-refractivity contribution in [1.29, 1.82) is 0 Å². The van der Waals surface area contributed by atoms with Crippen molar-refractivity contribution in [1.82, 2.24) is 0 Å². The molecule has 0 heterocycles. The van der Waals surface area contributed by atoms with Crippen LogP contribution in [-0.2, 0) is 5.41 Å². The van der Waals surface area contributed by atoms with Gasteiger partial charge in [0.25, 0.3) is 0 Å². The van der Waals surface area contributed by atoms with Gasteiger partial charge in [0.1, 0.15) is 0 Å². The summed E-state index contributed by atoms with van der Waals surface area (Å²) in [6, 6.07) is 6.55. The van der Waals surface area contributed by atoms with Gasteiger partial charge in [-0.3, -0.25) is 0 Å². The number of nitrogens with two attached hydrogens (primary N) is 1. The molecule has 1 nitrogen and oxygen atoms in total. The highest BCUT2D eigenvalue weighted by Gasteiger charge is 2.51. The molecule has 1 saturated carbocycles. The van der Waals surface area contributed by atoms with E-state index in [0.29, 0.717) is 0 Å². The first-order valence-corrected chi connectivity index (χ1v) is 6.22. The molecule has 1 aliphatic carbocycles. The van der Waals surface area contributed by atoms with Crippen molar-refractivity contribution in [2.75, 3.05) is 0 Å². The van der Waals surface area contributed by atoms with Gasteiger partial charge in [0.2, 0.25) is 0 Å². The van der Waals surface area contributed by atoms with Crippen LogP contribution < -0.4 is 5.73 Å². The molecule has 0 atom stereocenters. The molecule has 2 heteroatoms. The lowest BCUT2D eigenvalue weighted by atomic mass is 9.75. The Morgan fingerprint density at radius 2 is 1.93 bits per heavy atom. The summed E-state index contributed by atoms with van der Waals surface area (Å²) in [5.74, 6) is 0.